The molecule has 1 heterocycles. The standard InChI is InChI=1S/C15H11BrINO2/c16-12-4-2-1-3-10(12)8-18-13-6-5-11(17)7-14(13)20-9-15(18)19/h1-7H,8-9H2. The maximum absolute atomic E-state index is 12.1. The number of carbonyl (C=O) groups excluding carboxylic acids is 1. The summed E-state index contributed by atoms with van der Waals surface area (Å²) in [6, 6.07) is 13.8. The van der Waals surface area contributed by atoms with Crippen LogP contribution < -0.4 is 9.64 Å². The van der Waals surface area contributed by atoms with Crippen molar-refractivity contribution in [3.05, 3.63) is 56.1 Å². The van der Waals surface area contributed by atoms with Crippen molar-refractivity contribution in [2.75, 3.05) is 11.5 Å². The molecule has 3 rings (SSSR count). The number of carbonyl (C=O) groups is 1. The van der Waals surface area contributed by atoms with Crippen LogP contribution in [0, 0.1) is 3.57 Å². The van der Waals surface area contributed by atoms with Crippen LogP contribution >= 0.6 is 38.5 Å². The summed E-state index contributed by atoms with van der Waals surface area (Å²) < 4.78 is 7.61. The highest BCUT2D eigenvalue weighted by Gasteiger charge is 2.26. The molecule has 20 heavy (non-hydrogen) atoms. The Kier molecular flexibility index (Phi) is 3.98. The molecule has 0 unspecified atom stereocenters. The fourth-order valence-corrected chi connectivity index (χ4v) is 3.02. The molecular weight excluding hydrogens is 433 g/mol. The van der Waals surface area contributed by atoms with E-state index in [0.717, 1.165) is 25.0 Å². The number of fused-ring (bicyclic) bond motifs is 1. The average molecular weight is 444 g/mol. The number of hydrogen-bond donors (Lipinski definition) is 0. The molecule has 5 heteroatoms. The molecule has 102 valence electrons. The molecule has 0 spiro atoms. The van der Waals surface area contributed by atoms with E-state index in [1.54, 1.807) is 4.90 Å². The number of anilines is 1. The number of hydrogen-bond acceptors (Lipinski definition) is 2. The molecule has 2 aromatic rings. The van der Waals surface area contributed by atoms with E-state index >= 15 is 0 Å². The van der Waals surface area contributed by atoms with Crippen molar-refractivity contribution >= 4 is 50.1 Å². The predicted molar refractivity (Wildman–Crippen MR) is 90.0 cm³/mol. The second kappa shape index (κ2) is 5.73. The lowest BCUT2D eigenvalue weighted by molar-refractivity contribution is -0.121. The molecule has 0 bridgehead atoms. The van der Waals surface area contributed by atoms with E-state index in [4.69, 9.17) is 4.74 Å². The van der Waals surface area contributed by atoms with Gasteiger partial charge in [-0.2, -0.15) is 0 Å². The first kappa shape index (κ1) is 13.9. The molecule has 0 fully saturated rings. The minimum atomic E-state index is -0.0190. The first-order valence-corrected chi connectivity index (χ1v) is 7.98. The molecule has 0 saturated heterocycles. The van der Waals surface area contributed by atoms with Gasteiger partial charge in [0.1, 0.15) is 5.75 Å². The van der Waals surface area contributed by atoms with Crippen molar-refractivity contribution < 1.29 is 9.53 Å². The van der Waals surface area contributed by atoms with E-state index in [-0.39, 0.29) is 12.5 Å². The van der Waals surface area contributed by atoms with Crippen molar-refractivity contribution in [2.45, 2.75) is 6.54 Å². The normalized spacial score (nSPS) is 13.9. The van der Waals surface area contributed by atoms with Crippen molar-refractivity contribution in [3.8, 4) is 5.75 Å². The SMILES string of the molecule is O=C1COc2cc(I)ccc2N1Cc1ccccc1Br. The second-order valence-corrected chi connectivity index (χ2v) is 6.57. The quantitative estimate of drug-likeness (QED) is 0.657. The van der Waals surface area contributed by atoms with E-state index in [2.05, 4.69) is 38.5 Å². The minimum Gasteiger partial charge on any atom is -0.482 e. The van der Waals surface area contributed by atoms with Crippen LogP contribution in [0.2, 0.25) is 0 Å². The van der Waals surface area contributed by atoms with Crippen LogP contribution in [0.3, 0.4) is 0 Å². The van der Waals surface area contributed by atoms with Crippen LogP contribution in [0.1, 0.15) is 5.56 Å². The molecule has 1 aliphatic rings. The van der Waals surface area contributed by atoms with Gasteiger partial charge in [-0.05, 0) is 52.4 Å². The third kappa shape index (κ3) is 2.69. The molecule has 3 nitrogen and oxygen atoms in total. The third-order valence-corrected chi connectivity index (χ3v) is 4.60. The van der Waals surface area contributed by atoms with Crippen molar-refractivity contribution in [1.29, 1.82) is 0 Å². The Balaban J connectivity index is 1.97. The van der Waals surface area contributed by atoms with Gasteiger partial charge in [-0.1, -0.05) is 34.1 Å². The second-order valence-electron chi connectivity index (χ2n) is 4.47. The maximum Gasteiger partial charge on any atom is 0.265 e. The molecule has 1 amide bonds. The van der Waals surface area contributed by atoms with Gasteiger partial charge in [-0.25, -0.2) is 0 Å². The number of amides is 1. The number of nitrogens with zero attached hydrogens (tertiary/aromatic N) is 1. The van der Waals surface area contributed by atoms with Gasteiger partial charge in [-0.15, -0.1) is 0 Å². The summed E-state index contributed by atoms with van der Waals surface area (Å²) >= 11 is 5.76. The topological polar surface area (TPSA) is 29.5 Å². The highest BCUT2D eigenvalue weighted by Crippen LogP contribution is 2.34. The molecule has 0 N–H and O–H groups in total. The maximum atomic E-state index is 12.1. The summed E-state index contributed by atoms with van der Waals surface area (Å²) in [5.74, 6) is 0.748. The number of rotatable bonds is 2. The van der Waals surface area contributed by atoms with Gasteiger partial charge < -0.3 is 9.64 Å². The van der Waals surface area contributed by atoms with E-state index in [1.165, 1.54) is 0 Å². The van der Waals surface area contributed by atoms with Crippen molar-refractivity contribution in [1.82, 2.24) is 0 Å². The first-order chi connectivity index (χ1) is 9.65. The van der Waals surface area contributed by atoms with E-state index < -0.39 is 0 Å². The Hall–Kier alpha value is -1.08. The van der Waals surface area contributed by atoms with Gasteiger partial charge in [0.25, 0.3) is 5.91 Å². The minimum absolute atomic E-state index is 0.0190. The zero-order valence-corrected chi connectivity index (χ0v) is 14.2. The number of benzene rings is 2. The van der Waals surface area contributed by atoms with Crippen molar-refractivity contribution in [3.63, 3.8) is 0 Å². The van der Waals surface area contributed by atoms with Gasteiger partial charge in [0.15, 0.2) is 6.61 Å². The van der Waals surface area contributed by atoms with E-state index in [0.29, 0.717) is 6.54 Å². The van der Waals surface area contributed by atoms with Gasteiger partial charge in [0.2, 0.25) is 0 Å². The van der Waals surface area contributed by atoms with E-state index in [9.17, 15) is 4.79 Å². The Bertz CT molecular complexity index is 675. The molecular formula is C15H11BrINO2. The third-order valence-electron chi connectivity index (χ3n) is 3.15. The van der Waals surface area contributed by atoms with Gasteiger partial charge in [0, 0.05) is 8.04 Å². The highest BCUT2D eigenvalue weighted by molar-refractivity contribution is 14.1. The fourth-order valence-electron chi connectivity index (χ4n) is 2.15. The average Bonchev–Trinajstić information content (AvgIpc) is 2.44. The highest BCUT2D eigenvalue weighted by atomic mass is 127. The van der Waals surface area contributed by atoms with Gasteiger partial charge in [0.05, 0.1) is 12.2 Å². The fraction of sp³-hybridized carbons (Fsp3) is 0.133. The monoisotopic (exact) mass is 443 g/mol. The lowest BCUT2D eigenvalue weighted by Crippen LogP contribution is -2.38. The summed E-state index contributed by atoms with van der Waals surface area (Å²) in [6.45, 7) is 0.634. The molecule has 1 aliphatic heterocycles. The van der Waals surface area contributed by atoms with E-state index in [1.807, 2.05) is 42.5 Å². The largest absolute Gasteiger partial charge is 0.482 e. The lowest BCUT2D eigenvalue weighted by Gasteiger charge is -2.29. The van der Waals surface area contributed by atoms with Crippen LogP contribution in [0.15, 0.2) is 46.9 Å². The Morgan fingerprint density at radius 2 is 2.05 bits per heavy atom. The van der Waals surface area contributed by atoms with Crippen molar-refractivity contribution in [2.24, 2.45) is 0 Å². The van der Waals surface area contributed by atoms with Crippen LogP contribution in [-0.2, 0) is 11.3 Å². The molecule has 2 aromatic carbocycles. The molecule has 0 saturated carbocycles. The molecule has 0 radical (unpaired) electrons. The lowest BCUT2D eigenvalue weighted by atomic mass is 10.1. The Labute approximate surface area is 139 Å². The zero-order valence-electron chi connectivity index (χ0n) is 10.5. The molecule has 0 aromatic heterocycles. The summed E-state index contributed by atoms with van der Waals surface area (Å²) in [7, 11) is 0. The van der Waals surface area contributed by atoms with Crippen LogP contribution in [-0.4, -0.2) is 12.5 Å². The number of halogens is 2. The Morgan fingerprint density at radius 1 is 1.25 bits per heavy atom. The van der Waals surface area contributed by atoms with Gasteiger partial charge in [-0.3, -0.25) is 4.79 Å². The summed E-state index contributed by atoms with van der Waals surface area (Å²) in [5.41, 5.74) is 1.91. The van der Waals surface area contributed by atoms with Crippen LogP contribution in [0.5, 0.6) is 5.75 Å². The van der Waals surface area contributed by atoms with Crippen LogP contribution in [0.4, 0.5) is 5.69 Å². The molecule has 0 atom stereocenters. The smallest absolute Gasteiger partial charge is 0.265 e. The zero-order chi connectivity index (χ0) is 14.1. The number of ether oxygens (including phenoxy) is 1. The summed E-state index contributed by atoms with van der Waals surface area (Å²) in [4.78, 5) is 13.9. The van der Waals surface area contributed by atoms with Gasteiger partial charge >= 0.3 is 0 Å². The summed E-state index contributed by atoms with van der Waals surface area (Å²) in [6.07, 6.45) is 0. The Morgan fingerprint density at radius 3 is 2.85 bits per heavy atom. The first-order valence-electron chi connectivity index (χ1n) is 6.11. The van der Waals surface area contributed by atoms with Crippen LogP contribution in [0.25, 0.3) is 0 Å². The molecule has 0 aliphatic carbocycles. The predicted octanol–water partition coefficient (Wildman–Crippen LogP) is 3.98. The summed E-state index contributed by atoms with van der Waals surface area (Å²) in [5, 5.41) is 0.